The lowest BCUT2D eigenvalue weighted by atomic mass is 10.2. The summed E-state index contributed by atoms with van der Waals surface area (Å²) in [6, 6.07) is 4.38. The second-order valence-corrected chi connectivity index (χ2v) is 7.58. The molecule has 0 aliphatic carbocycles. The van der Waals surface area contributed by atoms with E-state index >= 15 is 0 Å². The molecule has 2 heterocycles. The fourth-order valence-electron chi connectivity index (χ4n) is 2.71. The molecule has 0 atom stereocenters. The molecule has 1 N–H and O–H groups in total. The van der Waals surface area contributed by atoms with E-state index in [0.29, 0.717) is 18.9 Å². The molecule has 1 aromatic heterocycles. The van der Waals surface area contributed by atoms with Crippen molar-refractivity contribution in [3.05, 3.63) is 46.8 Å². The van der Waals surface area contributed by atoms with Crippen molar-refractivity contribution in [3.8, 4) is 0 Å². The molecule has 0 saturated heterocycles. The van der Waals surface area contributed by atoms with Crippen LogP contribution in [0.1, 0.15) is 37.1 Å². The fraction of sp³-hybridized carbons (Fsp3) is 0.389. The van der Waals surface area contributed by atoms with Crippen LogP contribution in [-0.2, 0) is 17.8 Å². The Morgan fingerprint density at radius 3 is 2.74 bits per heavy atom. The zero-order valence-corrected chi connectivity index (χ0v) is 16.0. The fourth-order valence-corrected chi connectivity index (χ4v) is 2.88. The molecule has 0 spiro atoms. The van der Waals surface area contributed by atoms with E-state index in [-0.39, 0.29) is 22.9 Å². The smallest absolute Gasteiger partial charge is 0.410 e. The molecule has 1 aliphatic heterocycles. The van der Waals surface area contributed by atoms with Gasteiger partial charge in [-0.2, -0.15) is 0 Å². The molecule has 0 unspecified atom stereocenters. The number of imidazole rings is 1. The zero-order chi connectivity index (χ0) is 19.8. The first-order chi connectivity index (χ1) is 12.7. The average molecular weight is 395 g/mol. The topological polar surface area (TPSA) is 76.5 Å². The lowest BCUT2D eigenvalue weighted by molar-refractivity contribution is 0.0195. The first-order valence-corrected chi connectivity index (χ1v) is 8.81. The van der Waals surface area contributed by atoms with Crippen molar-refractivity contribution in [2.24, 2.45) is 0 Å². The number of ether oxygens (including phenoxy) is 1. The first-order valence-electron chi connectivity index (χ1n) is 8.43. The summed E-state index contributed by atoms with van der Waals surface area (Å²) in [7, 11) is 0. The maximum absolute atomic E-state index is 14.0. The van der Waals surface area contributed by atoms with Gasteiger partial charge in [0.05, 0.1) is 23.5 Å². The number of aromatic nitrogens is 2. The van der Waals surface area contributed by atoms with Gasteiger partial charge >= 0.3 is 6.09 Å². The van der Waals surface area contributed by atoms with Crippen LogP contribution in [0.15, 0.2) is 24.4 Å². The first kappa shape index (κ1) is 19.2. The summed E-state index contributed by atoms with van der Waals surface area (Å²) < 4.78 is 21.1. The number of carbonyl (C=O) groups excluding carboxylic acids is 2. The van der Waals surface area contributed by atoms with Crippen molar-refractivity contribution < 1.29 is 18.7 Å². The highest BCUT2D eigenvalue weighted by Gasteiger charge is 2.28. The van der Waals surface area contributed by atoms with Crippen LogP contribution < -0.4 is 5.32 Å². The van der Waals surface area contributed by atoms with Crippen LogP contribution in [0.25, 0.3) is 0 Å². The Hall–Kier alpha value is -2.61. The highest BCUT2D eigenvalue weighted by atomic mass is 35.5. The zero-order valence-electron chi connectivity index (χ0n) is 15.3. The molecule has 9 heteroatoms. The van der Waals surface area contributed by atoms with Crippen molar-refractivity contribution in [1.82, 2.24) is 14.5 Å². The summed E-state index contributed by atoms with van der Waals surface area (Å²) in [6.45, 7) is 6.39. The summed E-state index contributed by atoms with van der Waals surface area (Å²) in [5.74, 6) is -0.633. The molecule has 144 valence electrons. The Labute approximate surface area is 161 Å². The molecule has 0 saturated carbocycles. The van der Waals surface area contributed by atoms with Gasteiger partial charge in [-0.3, -0.25) is 9.69 Å². The summed E-state index contributed by atoms with van der Waals surface area (Å²) >= 11 is 5.74. The van der Waals surface area contributed by atoms with E-state index < -0.39 is 23.4 Å². The molecule has 27 heavy (non-hydrogen) atoms. The third-order valence-corrected chi connectivity index (χ3v) is 4.24. The predicted octanol–water partition coefficient (Wildman–Crippen LogP) is 3.68. The number of hydrogen-bond acceptors (Lipinski definition) is 4. The number of amides is 2. The van der Waals surface area contributed by atoms with Gasteiger partial charge in [-0.15, -0.1) is 0 Å². The monoisotopic (exact) mass is 394 g/mol. The van der Waals surface area contributed by atoms with Gasteiger partial charge in [0.2, 0.25) is 0 Å². The number of fused-ring (bicyclic) bond motifs is 1. The molecule has 0 fully saturated rings. The van der Waals surface area contributed by atoms with Gasteiger partial charge in [-0.25, -0.2) is 14.2 Å². The summed E-state index contributed by atoms with van der Waals surface area (Å²) in [5.41, 5.74) is -0.307. The molecule has 3 rings (SSSR count). The van der Waals surface area contributed by atoms with Gasteiger partial charge < -0.3 is 14.6 Å². The Kier molecular flexibility index (Phi) is 5.10. The van der Waals surface area contributed by atoms with Crippen molar-refractivity contribution >= 4 is 29.3 Å². The molecule has 2 aromatic rings. The number of rotatable bonds is 2. The van der Waals surface area contributed by atoms with E-state index in [9.17, 15) is 14.0 Å². The third kappa shape index (κ3) is 4.21. The summed E-state index contributed by atoms with van der Waals surface area (Å²) in [4.78, 5) is 30.5. The van der Waals surface area contributed by atoms with Crippen LogP contribution in [0, 0.1) is 5.82 Å². The van der Waals surface area contributed by atoms with Gasteiger partial charge in [-0.05, 0) is 32.9 Å². The number of hydrogen-bond donors (Lipinski definition) is 1. The minimum atomic E-state index is -0.693. The second kappa shape index (κ2) is 7.19. The largest absolute Gasteiger partial charge is 0.444 e. The van der Waals surface area contributed by atoms with Crippen LogP contribution in [0.5, 0.6) is 0 Å². The molecule has 2 amide bonds. The van der Waals surface area contributed by atoms with E-state index in [1.54, 1.807) is 31.4 Å². The van der Waals surface area contributed by atoms with E-state index in [1.807, 2.05) is 0 Å². The van der Waals surface area contributed by atoms with Gasteiger partial charge in [0.15, 0.2) is 5.82 Å². The van der Waals surface area contributed by atoms with Crippen LogP contribution >= 0.6 is 11.6 Å². The van der Waals surface area contributed by atoms with Crippen LogP contribution in [0.3, 0.4) is 0 Å². The van der Waals surface area contributed by atoms with E-state index in [4.69, 9.17) is 16.3 Å². The van der Waals surface area contributed by atoms with Gasteiger partial charge in [0.25, 0.3) is 5.91 Å². The second-order valence-electron chi connectivity index (χ2n) is 7.17. The lowest BCUT2D eigenvalue weighted by Gasteiger charge is -2.30. The van der Waals surface area contributed by atoms with Crippen molar-refractivity contribution in [2.45, 2.75) is 39.5 Å². The Bertz CT molecular complexity index is 891. The molecular weight excluding hydrogens is 375 g/mol. The number of halogens is 2. The van der Waals surface area contributed by atoms with Gasteiger partial charge in [-0.1, -0.05) is 17.7 Å². The maximum Gasteiger partial charge on any atom is 0.410 e. The lowest BCUT2D eigenvalue weighted by Crippen LogP contribution is -2.42. The Morgan fingerprint density at radius 2 is 2.04 bits per heavy atom. The van der Waals surface area contributed by atoms with E-state index in [1.165, 1.54) is 23.2 Å². The van der Waals surface area contributed by atoms with Crippen molar-refractivity contribution in [2.75, 3.05) is 11.9 Å². The van der Waals surface area contributed by atoms with Crippen LogP contribution in [0.4, 0.5) is 14.9 Å². The van der Waals surface area contributed by atoms with Crippen LogP contribution in [-0.4, -0.2) is 38.6 Å². The molecule has 7 nitrogen and oxygen atoms in total. The number of nitrogens with zero attached hydrogens (tertiary/aromatic N) is 3. The number of anilines is 1. The molecule has 1 aliphatic rings. The standard InChI is InChI=1S/C18H20ClFN4O3/c1-18(2,3)27-17(26)23-7-8-24-13(9-21-14(24)10-23)16(25)22-12-6-4-5-11(19)15(12)20/h4-6,9H,7-8,10H2,1-3H3,(H,22,25). The number of benzene rings is 1. The summed E-state index contributed by atoms with van der Waals surface area (Å²) in [5, 5.41) is 2.43. The Balaban J connectivity index is 1.73. The van der Waals surface area contributed by atoms with Crippen molar-refractivity contribution in [3.63, 3.8) is 0 Å². The van der Waals surface area contributed by atoms with E-state index in [0.717, 1.165) is 0 Å². The highest BCUT2D eigenvalue weighted by molar-refractivity contribution is 6.31. The molecular formula is C18H20ClFN4O3. The minimum Gasteiger partial charge on any atom is -0.444 e. The molecule has 1 aromatic carbocycles. The van der Waals surface area contributed by atoms with Gasteiger partial charge in [0, 0.05) is 13.1 Å². The van der Waals surface area contributed by atoms with Gasteiger partial charge in [0.1, 0.15) is 17.1 Å². The number of nitrogens with one attached hydrogen (secondary N) is 1. The normalized spacial score (nSPS) is 13.9. The SMILES string of the molecule is CC(C)(C)OC(=O)N1CCn2c(C(=O)Nc3cccc(Cl)c3F)cnc2C1. The predicted molar refractivity (Wildman–Crippen MR) is 98.2 cm³/mol. The minimum absolute atomic E-state index is 0.00533. The average Bonchev–Trinajstić information content (AvgIpc) is 3.00. The summed E-state index contributed by atoms with van der Waals surface area (Å²) in [6.07, 6.45) is 0.981. The highest BCUT2D eigenvalue weighted by Crippen LogP contribution is 2.23. The quantitative estimate of drug-likeness (QED) is 0.843. The van der Waals surface area contributed by atoms with Crippen molar-refractivity contribution in [1.29, 1.82) is 0 Å². The van der Waals surface area contributed by atoms with E-state index in [2.05, 4.69) is 10.3 Å². The molecule has 0 bridgehead atoms. The van der Waals surface area contributed by atoms with Crippen LogP contribution in [0.2, 0.25) is 5.02 Å². The molecule has 0 radical (unpaired) electrons. The Morgan fingerprint density at radius 1 is 1.30 bits per heavy atom. The number of carbonyl (C=O) groups is 2. The third-order valence-electron chi connectivity index (χ3n) is 3.95. The maximum atomic E-state index is 14.0.